The number of fused-ring (bicyclic) bond motifs is 1. The second-order valence-corrected chi connectivity index (χ2v) is 9.70. The second-order valence-electron chi connectivity index (χ2n) is 9.70. The van der Waals surface area contributed by atoms with Crippen molar-refractivity contribution in [3.63, 3.8) is 0 Å². The van der Waals surface area contributed by atoms with E-state index in [2.05, 4.69) is 20.5 Å². The first kappa shape index (κ1) is 20.9. The number of hydrogen-bond acceptors (Lipinski definition) is 7. The van der Waals surface area contributed by atoms with Crippen LogP contribution >= 0.6 is 0 Å². The molecule has 1 amide bonds. The highest BCUT2D eigenvalue weighted by molar-refractivity contribution is 6.14. The standard InChI is InChI=1S/C25H21FN8O2/c1-14-6-20(36-31-14)16-7-19(26)22-30-29-21(34(22)12-16)15(2)33-5-4-25-13-24(25,23(33)35)8-17(9-27-25)18-10-28-32(3)11-18/h4-12,15H,13H2,1-3H3/t15-,24?,25?/m0/s1. The Morgan fingerprint density at radius 2 is 2.06 bits per heavy atom. The number of aromatic nitrogens is 6. The van der Waals surface area contributed by atoms with E-state index in [-0.39, 0.29) is 11.6 Å². The van der Waals surface area contributed by atoms with Crippen LogP contribution in [0.1, 0.15) is 36.5 Å². The molecule has 4 aromatic rings. The van der Waals surface area contributed by atoms with E-state index in [1.165, 1.54) is 6.07 Å². The Kier molecular flexibility index (Phi) is 3.97. The van der Waals surface area contributed by atoms with Crippen molar-refractivity contribution in [3.05, 3.63) is 72.0 Å². The summed E-state index contributed by atoms with van der Waals surface area (Å²) in [6.07, 6.45) is 13.5. The van der Waals surface area contributed by atoms with Crippen LogP contribution < -0.4 is 0 Å². The van der Waals surface area contributed by atoms with E-state index < -0.39 is 22.8 Å². The highest BCUT2D eigenvalue weighted by Gasteiger charge is 2.73. The third-order valence-corrected chi connectivity index (χ3v) is 7.39. The molecule has 1 fully saturated rings. The Labute approximate surface area is 204 Å². The van der Waals surface area contributed by atoms with Crippen molar-refractivity contribution in [3.8, 4) is 11.3 Å². The molecule has 0 aromatic carbocycles. The van der Waals surface area contributed by atoms with Gasteiger partial charge in [0.1, 0.15) is 5.41 Å². The van der Waals surface area contributed by atoms with Crippen molar-refractivity contribution in [2.75, 3.05) is 0 Å². The zero-order valence-electron chi connectivity index (χ0n) is 19.8. The quantitative estimate of drug-likeness (QED) is 0.440. The number of pyridine rings is 1. The van der Waals surface area contributed by atoms with Crippen molar-refractivity contribution in [2.45, 2.75) is 31.8 Å². The molecule has 10 nitrogen and oxygen atoms in total. The number of amides is 1. The molecule has 0 radical (unpaired) electrons. The molecule has 0 N–H and O–H groups in total. The molecule has 0 bridgehead atoms. The number of aryl methyl sites for hydroxylation is 2. The molecule has 36 heavy (non-hydrogen) atoms. The average Bonchev–Trinajstić information content (AvgIpc) is 3.23. The summed E-state index contributed by atoms with van der Waals surface area (Å²) >= 11 is 0. The van der Waals surface area contributed by atoms with Gasteiger partial charge >= 0.3 is 0 Å². The maximum Gasteiger partial charge on any atom is 0.240 e. The summed E-state index contributed by atoms with van der Waals surface area (Å²) in [5, 5.41) is 16.4. The van der Waals surface area contributed by atoms with Gasteiger partial charge in [-0.2, -0.15) is 5.10 Å². The SMILES string of the molecule is Cc1cc(-c2cc(F)c3nnc([C@H](C)N4C=CC56CC5(C=C(c5cnn(C)c5)C=N6)C4=O)n3c2)on1. The first-order valence-electron chi connectivity index (χ1n) is 11.6. The first-order chi connectivity index (χ1) is 17.3. The fraction of sp³-hybridized carbons (Fsp3) is 0.280. The number of hydrogen-bond donors (Lipinski definition) is 0. The van der Waals surface area contributed by atoms with Crippen molar-refractivity contribution in [2.24, 2.45) is 17.5 Å². The van der Waals surface area contributed by atoms with Gasteiger partial charge in [-0.25, -0.2) is 4.39 Å². The van der Waals surface area contributed by atoms with Crippen molar-refractivity contribution in [1.29, 1.82) is 0 Å². The molecule has 6 heterocycles. The fourth-order valence-electron chi connectivity index (χ4n) is 5.33. The highest BCUT2D eigenvalue weighted by Crippen LogP contribution is 2.66. The summed E-state index contributed by atoms with van der Waals surface area (Å²) in [5.74, 6) is 0.248. The maximum absolute atomic E-state index is 14.9. The van der Waals surface area contributed by atoms with E-state index in [4.69, 9.17) is 9.52 Å². The van der Waals surface area contributed by atoms with Crippen LogP contribution in [0.25, 0.3) is 22.5 Å². The topological polar surface area (TPSA) is 107 Å². The molecule has 7 rings (SSSR count). The van der Waals surface area contributed by atoms with Gasteiger partial charge in [0.2, 0.25) is 5.91 Å². The predicted octanol–water partition coefficient (Wildman–Crippen LogP) is 3.28. The monoisotopic (exact) mass is 484 g/mol. The van der Waals surface area contributed by atoms with Gasteiger partial charge in [0.05, 0.1) is 23.5 Å². The zero-order chi connectivity index (χ0) is 24.8. The second kappa shape index (κ2) is 6.84. The molecule has 4 aromatic heterocycles. The molecule has 2 aliphatic heterocycles. The molecule has 2 unspecified atom stereocenters. The number of nitrogens with zero attached hydrogens (tertiary/aromatic N) is 8. The molecular weight excluding hydrogens is 463 g/mol. The number of allylic oxidation sites excluding steroid dienone is 1. The normalized spacial score (nSPS) is 25.2. The Hall–Kier alpha value is -4.41. The smallest absolute Gasteiger partial charge is 0.240 e. The average molecular weight is 484 g/mol. The summed E-state index contributed by atoms with van der Waals surface area (Å²) in [5.41, 5.74) is 1.73. The minimum Gasteiger partial charge on any atom is -0.356 e. The van der Waals surface area contributed by atoms with Crippen LogP contribution in [0.5, 0.6) is 0 Å². The van der Waals surface area contributed by atoms with Crippen molar-refractivity contribution in [1.82, 2.24) is 34.4 Å². The van der Waals surface area contributed by atoms with Crippen LogP contribution in [0.3, 0.4) is 0 Å². The van der Waals surface area contributed by atoms with E-state index in [0.717, 1.165) is 11.1 Å². The largest absolute Gasteiger partial charge is 0.356 e. The minimum atomic E-state index is -0.760. The van der Waals surface area contributed by atoms with E-state index in [1.54, 1.807) is 45.6 Å². The molecule has 0 saturated heterocycles. The van der Waals surface area contributed by atoms with E-state index in [1.807, 2.05) is 38.5 Å². The lowest BCUT2D eigenvalue weighted by molar-refractivity contribution is -0.135. The molecule has 11 heteroatoms. The molecule has 0 spiro atoms. The molecule has 1 saturated carbocycles. The van der Waals surface area contributed by atoms with Crippen LogP contribution in [0.15, 0.2) is 58.6 Å². The van der Waals surface area contributed by atoms with Gasteiger partial charge < -0.3 is 9.42 Å². The lowest BCUT2D eigenvalue weighted by Gasteiger charge is -2.34. The van der Waals surface area contributed by atoms with Crippen LogP contribution in [-0.2, 0) is 11.8 Å². The van der Waals surface area contributed by atoms with Crippen LogP contribution in [-0.4, -0.2) is 52.1 Å². The summed E-state index contributed by atoms with van der Waals surface area (Å²) in [6.45, 7) is 3.65. The molecule has 1 aliphatic carbocycles. The Bertz CT molecular complexity index is 1680. The van der Waals surface area contributed by atoms with Gasteiger partial charge in [0, 0.05) is 49.0 Å². The predicted molar refractivity (Wildman–Crippen MR) is 127 cm³/mol. The Balaban J connectivity index is 1.27. The minimum absolute atomic E-state index is 0.0741. The number of halogens is 1. The van der Waals surface area contributed by atoms with E-state index in [9.17, 15) is 9.18 Å². The zero-order valence-corrected chi connectivity index (χ0v) is 19.8. The lowest BCUT2D eigenvalue weighted by Crippen LogP contribution is -2.42. The summed E-state index contributed by atoms with van der Waals surface area (Å²) in [6, 6.07) is 2.56. The van der Waals surface area contributed by atoms with Gasteiger partial charge in [-0.3, -0.25) is 18.9 Å². The summed E-state index contributed by atoms with van der Waals surface area (Å²) < 4.78 is 23.5. The van der Waals surface area contributed by atoms with Crippen molar-refractivity contribution >= 4 is 23.3 Å². The summed E-state index contributed by atoms with van der Waals surface area (Å²) in [7, 11) is 1.85. The van der Waals surface area contributed by atoms with Crippen molar-refractivity contribution < 1.29 is 13.7 Å². The third-order valence-electron chi connectivity index (χ3n) is 7.39. The van der Waals surface area contributed by atoms with Gasteiger partial charge in [-0.1, -0.05) is 11.2 Å². The number of rotatable bonds is 4. The maximum atomic E-state index is 14.9. The number of aliphatic imine (C=N–C) groups is 1. The molecule has 3 aliphatic rings. The number of dihydropyridines is 1. The van der Waals surface area contributed by atoms with Gasteiger partial charge in [-0.05, 0) is 38.0 Å². The van der Waals surface area contributed by atoms with Gasteiger partial charge in [0.15, 0.2) is 23.0 Å². The Morgan fingerprint density at radius 1 is 1.19 bits per heavy atom. The number of carbonyl (C=O) groups is 1. The number of carbonyl (C=O) groups excluding carboxylic acids is 1. The first-order valence-corrected chi connectivity index (χ1v) is 11.6. The van der Waals surface area contributed by atoms with Gasteiger partial charge in [-0.15, -0.1) is 10.2 Å². The fourth-order valence-corrected chi connectivity index (χ4v) is 5.33. The van der Waals surface area contributed by atoms with Crippen LogP contribution in [0, 0.1) is 18.2 Å². The van der Waals surface area contributed by atoms with Crippen LogP contribution in [0.2, 0.25) is 0 Å². The third kappa shape index (κ3) is 2.70. The van der Waals surface area contributed by atoms with E-state index >= 15 is 0 Å². The van der Waals surface area contributed by atoms with Crippen LogP contribution in [0.4, 0.5) is 4.39 Å². The van der Waals surface area contributed by atoms with Gasteiger partial charge in [0.25, 0.3) is 0 Å². The summed E-state index contributed by atoms with van der Waals surface area (Å²) in [4.78, 5) is 20.3. The van der Waals surface area contributed by atoms with E-state index in [0.29, 0.717) is 29.3 Å². The molecular formula is C25H21FN8O2. The Morgan fingerprint density at radius 3 is 2.81 bits per heavy atom. The molecule has 3 atom stereocenters. The highest BCUT2D eigenvalue weighted by atomic mass is 19.1. The molecule has 180 valence electrons. The lowest BCUT2D eigenvalue weighted by atomic mass is 9.88.